The van der Waals surface area contributed by atoms with Crippen LogP contribution in [-0.2, 0) is 0 Å². The summed E-state index contributed by atoms with van der Waals surface area (Å²) < 4.78 is 0. The van der Waals surface area contributed by atoms with Crippen LogP contribution in [0.5, 0.6) is 0 Å². The molecule has 0 radical (unpaired) electrons. The van der Waals surface area contributed by atoms with Gasteiger partial charge >= 0.3 is 0 Å². The Morgan fingerprint density at radius 3 is 2.74 bits per heavy atom. The molecule has 0 saturated heterocycles. The SMILES string of the molecule is C=CCN(CCC)C(=O)c1ccc([N+](=O)[O-])cc1Cl. The molecule has 0 heterocycles. The third-order valence-electron chi connectivity index (χ3n) is 2.52. The molecule has 0 aliphatic heterocycles. The Bertz CT molecular complexity index is 503. The van der Waals surface area contributed by atoms with Crippen LogP contribution in [0.4, 0.5) is 5.69 Å². The lowest BCUT2D eigenvalue weighted by molar-refractivity contribution is -0.384. The molecule has 5 nitrogen and oxygen atoms in total. The number of carbonyl (C=O) groups excluding carboxylic acids is 1. The molecule has 102 valence electrons. The molecule has 0 aromatic heterocycles. The van der Waals surface area contributed by atoms with Gasteiger partial charge in [0.05, 0.1) is 15.5 Å². The van der Waals surface area contributed by atoms with Crippen LogP contribution in [-0.4, -0.2) is 28.8 Å². The molecule has 0 aliphatic carbocycles. The van der Waals surface area contributed by atoms with Crippen molar-refractivity contribution in [3.63, 3.8) is 0 Å². The first kappa shape index (κ1) is 15.2. The third-order valence-corrected chi connectivity index (χ3v) is 2.84. The van der Waals surface area contributed by atoms with Crippen LogP contribution in [0.2, 0.25) is 5.02 Å². The lowest BCUT2D eigenvalue weighted by Gasteiger charge is -2.20. The van der Waals surface area contributed by atoms with Gasteiger partial charge in [0.25, 0.3) is 11.6 Å². The van der Waals surface area contributed by atoms with E-state index in [-0.39, 0.29) is 22.2 Å². The molecule has 0 fully saturated rings. The molecule has 0 aliphatic rings. The number of benzene rings is 1. The van der Waals surface area contributed by atoms with E-state index in [0.717, 1.165) is 6.42 Å². The van der Waals surface area contributed by atoms with Crippen LogP contribution in [0, 0.1) is 10.1 Å². The van der Waals surface area contributed by atoms with Gasteiger partial charge in [-0.1, -0.05) is 24.6 Å². The van der Waals surface area contributed by atoms with E-state index >= 15 is 0 Å². The van der Waals surface area contributed by atoms with Gasteiger partial charge in [-0.15, -0.1) is 6.58 Å². The Balaban J connectivity index is 3.04. The fourth-order valence-electron chi connectivity index (χ4n) is 1.66. The molecule has 1 aromatic rings. The second-order valence-corrected chi connectivity index (χ2v) is 4.37. The van der Waals surface area contributed by atoms with E-state index in [1.165, 1.54) is 18.2 Å². The first-order valence-electron chi connectivity index (χ1n) is 5.85. The van der Waals surface area contributed by atoms with Gasteiger partial charge in [-0.2, -0.15) is 0 Å². The maximum atomic E-state index is 12.3. The summed E-state index contributed by atoms with van der Waals surface area (Å²) in [6, 6.07) is 3.85. The number of nitro benzene ring substituents is 1. The van der Waals surface area contributed by atoms with Gasteiger partial charge in [-0.05, 0) is 12.5 Å². The van der Waals surface area contributed by atoms with E-state index in [9.17, 15) is 14.9 Å². The molecule has 1 amide bonds. The lowest BCUT2D eigenvalue weighted by atomic mass is 10.1. The second-order valence-electron chi connectivity index (χ2n) is 3.96. The van der Waals surface area contributed by atoms with Crippen LogP contribution >= 0.6 is 11.6 Å². The highest BCUT2D eigenvalue weighted by atomic mass is 35.5. The minimum atomic E-state index is -0.548. The number of amides is 1. The van der Waals surface area contributed by atoms with E-state index in [1.807, 2.05) is 6.92 Å². The molecule has 6 heteroatoms. The zero-order chi connectivity index (χ0) is 14.4. The Kier molecular flexibility index (Phi) is 5.51. The van der Waals surface area contributed by atoms with E-state index in [4.69, 9.17) is 11.6 Å². The van der Waals surface area contributed by atoms with Crippen molar-refractivity contribution in [2.45, 2.75) is 13.3 Å². The van der Waals surface area contributed by atoms with Crippen molar-refractivity contribution < 1.29 is 9.72 Å². The van der Waals surface area contributed by atoms with Gasteiger partial charge in [0.1, 0.15) is 0 Å². The highest BCUT2D eigenvalue weighted by Crippen LogP contribution is 2.23. The maximum absolute atomic E-state index is 12.3. The van der Waals surface area contributed by atoms with Crippen LogP contribution in [0.3, 0.4) is 0 Å². The lowest BCUT2D eigenvalue weighted by Crippen LogP contribution is -2.32. The smallest absolute Gasteiger partial charge is 0.270 e. The topological polar surface area (TPSA) is 63.5 Å². The Morgan fingerprint density at radius 2 is 2.26 bits per heavy atom. The Labute approximate surface area is 116 Å². The van der Waals surface area contributed by atoms with Gasteiger partial charge in [0, 0.05) is 25.2 Å². The van der Waals surface area contributed by atoms with Gasteiger partial charge < -0.3 is 4.90 Å². The third kappa shape index (κ3) is 3.79. The summed E-state index contributed by atoms with van der Waals surface area (Å²) >= 11 is 5.93. The molecule has 0 atom stereocenters. The quantitative estimate of drug-likeness (QED) is 0.457. The highest BCUT2D eigenvalue weighted by molar-refractivity contribution is 6.34. The van der Waals surface area contributed by atoms with E-state index in [0.29, 0.717) is 13.1 Å². The Hall–Kier alpha value is -1.88. The molecule has 0 saturated carbocycles. The van der Waals surface area contributed by atoms with Gasteiger partial charge in [-0.3, -0.25) is 14.9 Å². The minimum absolute atomic E-state index is 0.0874. The fourth-order valence-corrected chi connectivity index (χ4v) is 1.92. The summed E-state index contributed by atoms with van der Waals surface area (Å²) in [7, 11) is 0. The summed E-state index contributed by atoms with van der Waals surface area (Å²) in [6.07, 6.45) is 2.44. The van der Waals surface area contributed by atoms with Crippen molar-refractivity contribution in [2.24, 2.45) is 0 Å². The predicted octanol–water partition coefficient (Wildman–Crippen LogP) is 3.29. The second kappa shape index (κ2) is 6.89. The predicted molar refractivity (Wildman–Crippen MR) is 74.5 cm³/mol. The Morgan fingerprint density at radius 1 is 1.58 bits per heavy atom. The van der Waals surface area contributed by atoms with E-state index in [1.54, 1.807) is 11.0 Å². The molecule has 0 bridgehead atoms. The first-order chi connectivity index (χ1) is 9.01. The van der Waals surface area contributed by atoms with Crippen molar-refractivity contribution in [1.29, 1.82) is 0 Å². The molecule has 0 spiro atoms. The average Bonchev–Trinajstić information content (AvgIpc) is 2.37. The normalized spacial score (nSPS) is 10.0. The number of hydrogen-bond donors (Lipinski definition) is 0. The number of non-ortho nitro benzene ring substituents is 1. The molecule has 1 rings (SSSR count). The molecule has 1 aromatic carbocycles. The van der Waals surface area contributed by atoms with Crippen LogP contribution < -0.4 is 0 Å². The van der Waals surface area contributed by atoms with Crippen molar-refractivity contribution in [2.75, 3.05) is 13.1 Å². The average molecular weight is 283 g/mol. The number of halogens is 1. The van der Waals surface area contributed by atoms with Crippen molar-refractivity contribution in [1.82, 2.24) is 4.90 Å². The largest absolute Gasteiger partial charge is 0.335 e. The summed E-state index contributed by atoms with van der Waals surface area (Å²) in [5.74, 6) is -0.248. The number of nitrogens with zero attached hydrogens (tertiary/aromatic N) is 2. The van der Waals surface area contributed by atoms with Gasteiger partial charge in [0.15, 0.2) is 0 Å². The number of rotatable bonds is 6. The molecular formula is C13H15ClN2O3. The maximum Gasteiger partial charge on any atom is 0.270 e. The zero-order valence-electron chi connectivity index (χ0n) is 10.6. The van der Waals surface area contributed by atoms with Crippen LogP contribution in [0.15, 0.2) is 30.9 Å². The summed E-state index contributed by atoms with van der Waals surface area (Å²) in [4.78, 5) is 23.9. The molecule has 0 N–H and O–H groups in total. The van der Waals surface area contributed by atoms with E-state index in [2.05, 4.69) is 6.58 Å². The van der Waals surface area contributed by atoms with Gasteiger partial charge in [-0.25, -0.2) is 0 Å². The number of carbonyl (C=O) groups is 1. The van der Waals surface area contributed by atoms with E-state index < -0.39 is 4.92 Å². The summed E-state index contributed by atoms with van der Waals surface area (Å²) in [5.41, 5.74) is 0.134. The number of nitro groups is 1. The van der Waals surface area contributed by atoms with Crippen molar-refractivity contribution >= 4 is 23.2 Å². The minimum Gasteiger partial charge on any atom is -0.335 e. The summed E-state index contributed by atoms with van der Waals surface area (Å²) in [6.45, 7) is 6.56. The van der Waals surface area contributed by atoms with Crippen LogP contribution in [0.1, 0.15) is 23.7 Å². The standard InChI is InChI=1S/C13H15ClN2O3/c1-3-7-15(8-4-2)13(17)11-6-5-10(16(18)19)9-12(11)14/h3,5-6,9H,1,4,7-8H2,2H3. The number of hydrogen-bond acceptors (Lipinski definition) is 3. The van der Waals surface area contributed by atoms with Crippen LogP contribution in [0.25, 0.3) is 0 Å². The fraction of sp³-hybridized carbons (Fsp3) is 0.308. The zero-order valence-corrected chi connectivity index (χ0v) is 11.4. The monoisotopic (exact) mass is 282 g/mol. The molecule has 19 heavy (non-hydrogen) atoms. The first-order valence-corrected chi connectivity index (χ1v) is 6.23. The highest BCUT2D eigenvalue weighted by Gasteiger charge is 2.19. The molecule has 0 unspecified atom stereocenters. The molecular weight excluding hydrogens is 268 g/mol. The van der Waals surface area contributed by atoms with Gasteiger partial charge in [0.2, 0.25) is 0 Å². The summed E-state index contributed by atoms with van der Waals surface area (Å²) in [5, 5.41) is 10.7. The van der Waals surface area contributed by atoms with Crippen molar-refractivity contribution in [3.8, 4) is 0 Å². The van der Waals surface area contributed by atoms with Crippen molar-refractivity contribution in [3.05, 3.63) is 51.6 Å².